The van der Waals surface area contributed by atoms with E-state index < -0.39 is 0 Å². The molecule has 11 rings (SSSR count). The molecule has 57 heavy (non-hydrogen) atoms. The Labute approximate surface area is 334 Å². The third kappa shape index (κ3) is 5.85. The summed E-state index contributed by atoms with van der Waals surface area (Å²) in [5, 5.41) is 8.34. The van der Waals surface area contributed by atoms with Crippen LogP contribution in [0.4, 0.5) is 17.1 Å². The fraction of sp³-hybridized carbons (Fsp3) is 0.0588. The van der Waals surface area contributed by atoms with Gasteiger partial charge in [-0.3, -0.25) is 0 Å². The van der Waals surface area contributed by atoms with Crippen molar-refractivity contribution in [3.63, 3.8) is 0 Å². The standard InChI is InChI=1S/C51H36N4OS/c1-4-15-34(16-5-1)49-52-50(41-23-14-26-45-46(41)40-22-11-13-25-44(40)57-45)54-51(53-49)42-32-31-38(47-39-21-10-12-24-43(39)56-48(42)47)33-27-29-37(30-28-33)55(35-17-6-2-7-18-35)36-19-8-3-9-20-36/h1-15,17-32,34,49H,16H2,(H,52,53,54). The van der Waals surface area contributed by atoms with Crippen molar-refractivity contribution in [1.82, 2.24) is 5.32 Å². The van der Waals surface area contributed by atoms with Crippen molar-refractivity contribution >= 4 is 82.2 Å². The molecule has 0 saturated carbocycles. The quantitative estimate of drug-likeness (QED) is 0.176. The molecular formula is C51H36N4OS. The number of aliphatic imine (C=N–C) groups is 2. The van der Waals surface area contributed by atoms with Crippen LogP contribution in [-0.2, 0) is 0 Å². The van der Waals surface area contributed by atoms with Crippen LogP contribution in [0.15, 0.2) is 202 Å². The molecule has 1 aliphatic heterocycles. The molecule has 2 aliphatic rings. The number of thiophene rings is 1. The van der Waals surface area contributed by atoms with Crippen molar-refractivity contribution in [2.45, 2.75) is 12.6 Å². The second kappa shape index (κ2) is 13.9. The third-order valence-corrected chi connectivity index (χ3v) is 12.2. The van der Waals surface area contributed by atoms with E-state index in [4.69, 9.17) is 14.4 Å². The van der Waals surface area contributed by atoms with Crippen LogP contribution in [0.3, 0.4) is 0 Å². The lowest BCUT2D eigenvalue weighted by Gasteiger charge is -2.28. The Hall–Kier alpha value is -7.02. The van der Waals surface area contributed by atoms with Gasteiger partial charge in [0.15, 0.2) is 5.84 Å². The van der Waals surface area contributed by atoms with Gasteiger partial charge < -0.3 is 14.6 Å². The highest BCUT2D eigenvalue weighted by atomic mass is 32.1. The highest BCUT2D eigenvalue weighted by molar-refractivity contribution is 7.25. The molecule has 2 aromatic heterocycles. The minimum Gasteiger partial charge on any atom is -0.455 e. The zero-order chi connectivity index (χ0) is 37.7. The summed E-state index contributed by atoms with van der Waals surface area (Å²) in [4.78, 5) is 13.0. The van der Waals surface area contributed by atoms with Gasteiger partial charge in [0.2, 0.25) is 0 Å². The van der Waals surface area contributed by atoms with E-state index in [-0.39, 0.29) is 12.1 Å². The van der Waals surface area contributed by atoms with Gasteiger partial charge in [0.1, 0.15) is 23.2 Å². The second-order valence-corrected chi connectivity index (χ2v) is 15.6. The lowest BCUT2D eigenvalue weighted by molar-refractivity contribution is 0.475. The third-order valence-electron chi connectivity index (χ3n) is 11.1. The van der Waals surface area contributed by atoms with E-state index in [1.54, 1.807) is 0 Å². The van der Waals surface area contributed by atoms with Crippen LogP contribution in [0.2, 0.25) is 0 Å². The molecule has 1 aliphatic carbocycles. The summed E-state index contributed by atoms with van der Waals surface area (Å²) >= 11 is 1.81. The molecular weight excluding hydrogens is 717 g/mol. The highest BCUT2D eigenvalue weighted by Gasteiger charge is 2.29. The van der Waals surface area contributed by atoms with E-state index in [1.807, 2.05) is 17.4 Å². The number of fused-ring (bicyclic) bond motifs is 6. The first-order chi connectivity index (χ1) is 28.3. The Morgan fingerprint density at radius 3 is 2.04 bits per heavy atom. The number of nitrogens with one attached hydrogen (secondary N) is 1. The number of anilines is 3. The number of para-hydroxylation sites is 3. The molecule has 0 radical (unpaired) electrons. The van der Waals surface area contributed by atoms with Crippen LogP contribution in [0.25, 0.3) is 53.2 Å². The van der Waals surface area contributed by atoms with Gasteiger partial charge in [0.25, 0.3) is 0 Å². The van der Waals surface area contributed by atoms with Gasteiger partial charge in [-0.15, -0.1) is 11.3 Å². The lowest BCUT2D eigenvalue weighted by atomic mass is 9.94. The van der Waals surface area contributed by atoms with Crippen LogP contribution in [0, 0.1) is 5.92 Å². The van der Waals surface area contributed by atoms with Gasteiger partial charge in [-0.1, -0.05) is 127 Å². The van der Waals surface area contributed by atoms with Crippen LogP contribution < -0.4 is 10.2 Å². The molecule has 2 unspecified atom stereocenters. The molecule has 0 amide bonds. The van der Waals surface area contributed by atoms with E-state index >= 15 is 0 Å². The molecule has 9 aromatic rings. The predicted molar refractivity (Wildman–Crippen MR) is 240 cm³/mol. The summed E-state index contributed by atoms with van der Waals surface area (Å²) in [5.41, 5.74) is 9.11. The molecule has 2 atom stereocenters. The lowest BCUT2D eigenvalue weighted by Crippen LogP contribution is -2.43. The number of hydrogen-bond acceptors (Lipinski definition) is 6. The van der Waals surface area contributed by atoms with Crippen molar-refractivity contribution in [2.75, 3.05) is 4.90 Å². The number of hydrogen-bond donors (Lipinski definition) is 1. The number of furan rings is 1. The molecule has 0 saturated heterocycles. The summed E-state index contributed by atoms with van der Waals surface area (Å²) in [6, 6.07) is 57.7. The molecule has 272 valence electrons. The molecule has 0 fully saturated rings. The van der Waals surface area contributed by atoms with Gasteiger partial charge in [-0.2, -0.15) is 0 Å². The highest BCUT2D eigenvalue weighted by Crippen LogP contribution is 2.42. The van der Waals surface area contributed by atoms with Crippen molar-refractivity contribution in [3.05, 3.63) is 199 Å². The minimum absolute atomic E-state index is 0.171. The zero-order valence-electron chi connectivity index (χ0n) is 30.9. The van der Waals surface area contributed by atoms with Crippen LogP contribution in [-0.4, -0.2) is 17.8 Å². The summed E-state index contributed by atoms with van der Waals surface area (Å²) < 4.78 is 9.31. The molecule has 3 heterocycles. The normalized spacial score (nSPS) is 16.6. The van der Waals surface area contributed by atoms with E-state index in [9.17, 15) is 0 Å². The molecule has 0 spiro atoms. The first-order valence-corrected chi connectivity index (χ1v) is 20.2. The predicted octanol–water partition coefficient (Wildman–Crippen LogP) is 13.3. The first kappa shape index (κ1) is 33.3. The Balaban J connectivity index is 1.06. The summed E-state index contributed by atoms with van der Waals surface area (Å²) in [6.07, 6.45) is 9.39. The van der Waals surface area contributed by atoms with E-state index in [0.717, 1.165) is 79.3 Å². The number of allylic oxidation sites excluding steroid dienone is 3. The SMILES string of the molecule is C1=CCC(C2N=C(c3cccc4sc5ccccc5c34)N=C(c3ccc(-c4ccc(N(c5ccccc5)c5ccccc5)cc4)c4c3oc3ccccc34)N2)C=C1. The smallest absolute Gasteiger partial charge is 0.159 e. The average Bonchev–Trinajstić information content (AvgIpc) is 3.87. The number of amidine groups is 2. The summed E-state index contributed by atoms with van der Waals surface area (Å²) in [7, 11) is 0. The average molecular weight is 753 g/mol. The number of nitrogens with zero attached hydrogens (tertiary/aromatic N) is 3. The zero-order valence-corrected chi connectivity index (χ0v) is 31.7. The second-order valence-electron chi connectivity index (χ2n) is 14.5. The largest absolute Gasteiger partial charge is 0.455 e. The Bertz CT molecular complexity index is 3040. The van der Waals surface area contributed by atoms with E-state index in [0.29, 0.717) is 0 Å². The van der Waals surface area contributed by atoms with Gasteiger partial charge in [0.05, 0.1) is 5.56 Å². The maximum Gasteiger partial charge on any atom is 0.159 e. The molecule has 0 bridgehead atoms. The fourth-order valence-corrected chi connectivity index (χ4v) is 9.52. The Kier molecular flexibility index (Phi) is 8.14. The molecule has 1 N–H and O–H groups in total. The monoisotopic (exact) mass is 752 g/mol. The van der Waals surface area contributed by atoms with Crippen molar-refractivity contribution in [2.24, 2.45) is 15.9 Å². The van der Waals surface area contributed by atoms with Gasteiger partial charge >= 0.3 is 0 Å². The van der Waals surface area contributed by atoms with Gasteiger partial charge in [0, 0.05) is 59.5 Å². The Morgan fingerprint density at radius 2 is 1.26 bits per heavy atom. The van der Waals surface area contributed by atoms with Crippen LogP contribution >= 0.6 is 11.3 Å². The molecule has 6 heteroatoms. The van der Waals surface area contributed by atoms with Crippen molar-refractivity contribution < 1.29 is 4.42 Å². The van der Waals surface area contributed by atoms with E-state index in [2.05, 4.69) is 192 Å². The molecule has 5 nitrogen and oxygen atoms in total. The van der Waals surface area contributed by atoms with E-state index in [1.165, 1.54) is 20.2 Å². The fourth-order valence-electron chi connectivity index (χ4n) is 8.38. The van der Waals surface area contributed by atoms with Crippen LogP contribution in [0.5, 0.6) is 0 Å². The number of benzene rings is 7. The number of rotatable bonds is 7. The van der Waals surface area contributed by atoms with Crippen LogP contribution in [0.1, 0.15) is 17.5 Å². The van der Waals surface area contributed by atoms with Crippen molar-refractivity contribution in [3.8, 4) is 11.1 Å². The summed E-state index contributed by atoms with van der Waals surface area (Å²) in [5.74, 6) is 1.66. The molecule has 7 aromatic carbocycles. The maximum atomic E-state index is 6.82. The topological polar surface area (TPSA) is 53.1 Å². The minimum atomic E-state index is -0.210. The van der Waals surface area contributed by atoms with Gasteiger partial charge in [-0.05, 0) is 78.2 Å². The van der Waals surface area contributed by atoms with Gasteiger partial charge in [-0.25, -0.2) is 9.98 Å². The first-order valence-electron chi connectivity index (χ1n) is 19.4. The van der Waals surface area contributed by atoms with Crippen molar-refractivity contribution in [1.29, 1.82) is 0 Å². The maximum absolute atomic E-state index is 6.82. The Morgan fingerprint density at radius 1 is 0.579 bits per heavy atom. The summed E-state index contributed by atoms with van der Waals surface area (Å²) in [6.45, 7) is 0.